The van der Waals surface area contributed by atoms with E-state index >= 15 is 0 Å². The Morgan fingerprint density at radius 3 is 1.14 bits per heavy atom. The highest BCUT2D eigenvalue weighted by molar-refractivity contribution is 5.03. The summed E-state index contributed by atoms with van der Waals surface area (Å²) in [4.78, 5) is 0. The summed E-state index contributed by atoms with van der Waals surface area (Å²) in [5, 5.41) is 0. The maximum Gasteiger partial charge on any atom is 0.0861 e. The quantitative estimate of drug-likeness (QED) is 0.379. The van der Waals surface area contributed by atoms with Gasteiger partial charge in [0, 0.05) is 0 Å². The van der Waals surface area contributed by atoms with Crippen molar-refractivity contribution < 1.29 is 4.74 Å². The predicted molar refractivity (Wildman–Crippen MR) is 119 cm³/mol. The van der Waals surface area contributed by atoms with Crippen molar-refractivity contribution >= 4 is 0 Å². The molecule has 0 aromatic heterocycles. The summed E-state index contributed by atoms with van der Waals surface area (Å²) in [7, 11) is 0. The van der Waals surface area contributed by atoms with E-state index in [1.165, 1.54) is 25.7 Å². The minimum atomic E-state index is 0.715. The van der Waals surface area contributed by atoms with Gasteiger partial charge in [0.2, 0.25) is 0 Å². The molecule has 8 bridgehead atoms. The second kappa shape index (κ2) is 7.45. The van der Waals surface area contributed by atoms with Crippen LogP contribution in [0.15, 0.2) is 24.7 Å². The summed E-state index contributed by atoms with van der Waals surface area (Å²) in [5.74, 6) is 6.49. The highest BCUT2D eigenvalue weighted by Crippen LogP contribution is 2.62. The van der Waals surface area contributed by atoms with Crippen LogP contribution in [-0.2, 0) is 4.74 Å². The van der Waals surface area contributed by atoms with Crippen LogP contribution in [0.4, 0.5) is 0 Å². The van der Waals surface area contributed by atoms with Gasteiger partial charge >= 0.3 is 0 Å². The molecule has 8 saturated carbocycles. The van der Waals surface area contributed by atoms with E-state index in [1.54, 1.807) is 77.0 Å². The van der Waals surface area contributed by atoms with Gasteiger partial charge < -0.3 is 4.74 Å². The van der Waals surface area contributed by atoms with Gasteiger partial charge in [0.25, 0.3) is 0 Å². The number of allylic oxidation sites excluding steroid dienone is 2. The van der Waals surface area contributed by atoms with Crippen molar-refractivity contribution in [2.75, 3.05) is 0 Å². The topological polar surface area (TPSA) is 9.23 Å². The monoisotopic (exact) mass is 394 g/mol. The van der Waals surface area contributed by atoms with Crippen molar-refractivity contribution in [2.45, 2.75) is 103 Å². The molecular weight excluding hydrogens is 352 g/mol. The first-order chi connectivity index (χ1) is 14.2. The fourth-order valence-electron chi connectivity index (χ4n) is 10.3. The molecule has 0 amide bonds. The Labute approximate surface area is 178 Å². The Hall–Kier alpha value is -0.720. The van der Waals surface area contributed by atoms with Crippen LogP contribution >= 0.6 is 0 Å². The van der Waals surface area contributed by atoms with Gasteiger partial charge in [-0.2, -0.15) is 0 Å². The maximum atomic E-state index is 5.71. The van der Waals surface area contributed by atoms with Crippen LogP contribution in [0.1, 0.15) is 103 Å². The summed E-state index contributed by atoms with van der Waals surface area (Å²) in [6, 6.07) is 0. The molecular formula is C28H42O. The molecule has 29 heavy (non-hydrogen) atoms. The molecule has 0 aliphatic heterocycles. The fourth-order valence-corrected chi connectivity index (χ4v) is 10.3. The van der Waals surface area contributed by atoms with Crippen LogP contribution in [0.2, 0.25) is 0 Å². The lowest BCUT2D eigenvalue weighted by atomic mass is 9.48. The molecule has 0 atom stereocenters. The Bertz CT molecular complexity index is 529. The first-order valence-corrected chi connectivity index (χ1v) is 13.1. The Balaban J connectivity index is 0.909. The molecule has 0 spiro atoms. The van der Waals surface area contributed by atoms with Crippen molar-refractivity contribution in [3.63, 3.8) is 0 Å². The van der Waals surface area contributed by atoms with Gasteiger partial charge in [-0.1, -0.05) is 0 Å². The van der Waals surface area contributed by atoms with Crippen molar-refractivity contribution in [3.05, 3.63) is 24.7 Å². The highest BCUT2D eigenvalue weighted by atomic mass is 16.5. The first-order valence-electron chi connectivity index (χ1n) is 13.1. The van der Waals surface area contributed by atoms with Crippen LogP contribution in [0, 0.1) is 46.3 Å². The summed E-state index contributed by atoms with van der Waals surface area (Å²) in [6.45, 7) is 0. The van der Waals surface area contributed by atoms with E-state index in [9.17, 15) is 0 Å². The first kappa shape index (κ1) is 19.0. The van der Waals surface area contributed by atoms with Crippen molar-refractivity contribution in [1.29, 1.82) is 0 Å². The van der Waals surface area contributed by atoms with Gasteiger partial charge in [-0.05, 0) is 161 Å². The molecule has 0 unspecified atom stereocenters. The predicted octanol–water partition coefficient (Wildman–Crippen LogP) is 8.02. The number of rotatable bonds is 8. The van der Waals surface area contributed by atoms with Crippen molar-refractivity contribution in [1.82, 2.24) is 0 Å². The van der Waals surface area contributed by atoms with Crippen LogP contribution in [0.25, 0.3) is 0 Å². The van der Waals surface area contributed by atoms with E-state index in [2.05, 4.69) is 12.2 Å². The van der Waals surface area contributed by atoms with Gasteiger partial charge in [-0.25, -0.2) is 0 Å². The lowest BCUT2D eigenvalue weighted by Crippen LogP contribution is -2.45. The van der Waals surface area contributed by atoms with Gasteiger partial charge in [-0.15, -0.1) is 0 Å². The second-order valence-corrected chi connectivity index (χ2v) is 12.8. The maximum absolute atomic E-state index is 5.71. The molecule has 8 fully saturated rings. The van der Waals surface area contributed by atoms with Crippen molar-refractivity contribution in [3.8, 4) is 0 Å². The summed E-state index contributed by atoms with van der Waals surface area (Å²) < 4.78 is 5.71. The molecule has 0 heterocycles. The van der Waals surface area contributed by atoms with Gasteiger partial charge in [0.05, 0.1) is 12.5 Å². The number of hydrogen-bond acceptors (Lipinski definition) is 1. The molecule has 0 N–H and O–H groups in total. The van der Waals surface area contributed by atoms with E-state index in [1.807, 2.05) is 12.5 Å². The summed E-state index contributed by atoms with van der Waals surface area (Å²) in [5.41, 5.74) is 1.43. The van der Waals surface area contributed by atoms with Gasteiger partial charge in [0.1, 0.15) is 0 Å². The molecule has 8 aliphatic rings. The van der Waals surface area contributed by atoms with Crippen LogP contribution in [0.5, 0.6) is 0 Å². The fraction of sp³-hybridized carbons (Fsp3) is 0.857. The Morgan fingerprint density at radius 2 is 0.828 bits per heavy atom. The van der Waals surface area contributed by atoms with Crippen molar-refractivity contribution in [2.24, 2.45) is 46.3 Å². The highest BCUT2D eigenvalue weighted by Gasteiger charge is 2.51. The molecule has 8 aliphatic carbocycles. The largest absolute Gasteiger partial charge is 0.473 e. The van der Waals surface area contributed by atoms with E-state index < -0.39 is 0 Å². The minimum absolute atomic E-state index is 0.715. The van der Waals surface area contributed by atoms with Crippen LogP contribution in [-0.4, -0.2) is 0 Å². The van der Waals surface area contributed by atoms with Crippen LogP contribution < -0.4 is 0 Å². The zero-order chi connectivity index (χ0) is 19.3. The Kier molecular flexibility index (Phi) is 4.88. The molecule has 0 radical (unpaired) electrons. The molecule has 0 aromatic carbocycles. The average Bonchev–Trinajstić information content (AvgIpc) is 2.64. The van der Waals surface area contributed by atoms with Gasteiger partial charge in [0.15, 0.2) is 0 Å². The smallest absolute Gasteiger partial charge is 0.0861 e. The van der Waals surface area contributed by atoms with Gasteiger partial charge in [-0.3, -0.25) is 0 Å². The average molecular weight is 395 g/mol. The SMILES string of the molecule is C(=COC=CCCC12CC3CC(CC(C3)C1)C2)CCC12CC3CC(CC(C3)C1)C2. The number of ether oxygens (including phenoxy) is 1. The minimum Gasteiger partial charge on any atom is -0.473 e. The molecule has 0 aromatic rings. The van der Waals surface area contributed by atoms with E-state index in [0.29, 0.717) is 10.8 Å². The molecule has 1 nitrogen and oxygen atoms in total. The third-order valence-electron chi connectivity index (χ3n) is 10.4. The number of hydrogen-bond donors (Lipinski definition) is 0. The lowest BCUT2D eigenvalue weighted by molar-refractivity contribution is -0.0567. The third kappa shape index (κ3) is 3.85. The van der Waals surface area contributed by atoms with E-state index in [-0.39, 0.29) is 0 Å². The standard InChI is InChI=1S/C28H42O/c1(5-27-15-21-9-22(16-27)11-23(10-21)17-27)3-7-29-8-4-2-6-28-18-24-12-25(19-28)14-26(13-24)20-28/h3-4,7-8,21-26H,1-2,5-6,9-20H2. The van der Waals surface area contributed by atoms with Crippen LogP contribution in [0.3, 0.4) is 0 Å². The molecule has 1 heteroatoms. The summed E-state index contributed by atoms with van der Waals surface area (Å²) >= 11 is 0. The molecule has 0 saturated heterocycles. The molecule has 8 rings (SSSR count). The summed E-state index contributed by atoms with van der Waals surface area (Å²) in [6.07, 6.45) is 32.4. The Morgan fingerprint density at radius 1 is 0.517 bits per heavy atom. The van der Waals surface area contributed by atoms with E-state index in [4.69, 9.17) is 4.74 Å². The molecule has 160 valence electrons. The van der Waals surface area contributed by atoms with E-state index in [0.717, 1.165) is 35.5 Å². The third-order valence-corrected chi connectivity index (χ3v) is 10.4. The zero-order valence-corrected chi connectivity index (χ0v) is 18.5. The normalized spacial score (nSPS) is 49.7. The lowest BCUT2D eigenvalue weighted by Gasteiger charge is -2.57. The zero-order valence-electron chi connectivity index (χ0n) is 18.5. The second-order valence-electron chi connectivity index (χ2n) is 12.8.